The summed E-state index contributed by atoms with van der Waals surface area (Å²) in [4.78, 5) is 0. The van der Waals surface area contributed by atoms with Gasteiger partial charge in [-0.2, -0.15) is 5.26 Å². The number of hydrogen-bond acceptors (Lipinski definition) is 2. The monoisotopic (exact) mass is 266 g/mol. The molecule has 1 aromatic carbocycles. The molecule has 0 amide bonds. The minimum absolute atomic E-state index is 0.00634. The largest absolute Gasteiger partial charge is 0.379 e. The van der Waals surface area contributed by atoms with Crippen LogP contribution in [0.25, 0.3) is 0 Å². The van der Waals surface area contributed by atoms with Gasteiger partial charge >= 0.3 is 0 Å². The molecule has 2 nitrogen and oxygen atoms in total. The maximum absolute atomic E-state index is 9.05. The summed E-state index contributed by atoms with van der Waals surface area (Å²) in [7, 11) is 0. The molecule has 1 N–H and O–H groups in total. The number of benzene rings is 1. The highest BCUT2D eigenvalue weighted by Crippen LogP contribution is 2.27. The lowest BCUT2D eigenvalue weighted by Gasteiger charge is -2.26. The van der Waals surface area contributed by atoms with Gasteiger partial charge in [0.1, 0.15) is 6.07 Å². The van der Waals surface area contributed by atoms with E-state index < -0.39 is 0 Å². The number of rotatable bonds is 3. The molecule has 0 aliphatic carbocycles. The first-order valence-electron chi connectivity index (χ1n) is 4.97. The van der Waals surface area contributed by atoms with Crippen molar-refractivity contribution in [3.05, 3.63) is 28.2 Å². The fourth-order valence-electron chi connectivity index (χ4n) is 1.19. The Kier molecular flexibility index (Phi) is 3.76. The minimum Gasteiger partial charge on any atom is -0.379 e. The second kappa shape index (κ2) is 4.67. The molecule has 0 spiro atoms. The Hall–Kier alpha value is -1.01. The van der Waals surface area contributed by atoms with E-state index in [1.54, 1.807) is 0 Å². The molecule has 0 radical (unpaired) electrons. The van der Waals surface area contributed by atoms with Crippen LogP contribution in [0.5, 0.6) is 0 Å². The molecule has 15 heavy (non-hydrogen) atoms. The summed E-state index contributed by atoms with van der Waals surface area (Å²) in [6.07, 6.45) is 1.00. The van der Waals surface area contributed by atoms with E-state index in [0.717, 1.165) is 16.6 Å². The van der Waals surface area contributed by atoms with Crippen LogP contribution in [0.4, 0.5) is 5.69 Å². The first kappa shape index (κ1) is 12.1. The molecular formula is C12H15BrN2. The number of nitrogens with zero attached hydrogens (tertiary/aromatic N) is 1. The molecule has 0 saturated heterocycles. The standard InChI is InChI=1S/C12H15BrN2/c1-4-12(2,3)15-11-7-5-6-10(13)9(11)8-14/h5-7,15H,4H2,1-3H3. The van der Waals surface area contributed by atoms with Crippen LogP contribution in [0.15, 0.2) is 22.7 Å². The van der Waals surface area contributed by atoms with Gasteiger partial charge in [-0.15, -0.1) is 0 Å². The van der Waals surface area contributed by atoms with Crippen LogP contribution in [-0.4, -0.2) is 5.54 Å². The zero-order valence-corrected chi connectivity index (χ0v) is 10.9. The van der Waals surface area contributed by atoms with E-state index in [1.165, 1.54) is 0 Å². The molecule has 1 aromatic rings. The fraction of sp³-hybridized carbons (Fsp3) is 0.417. The molecule has 0 aromatic heterocycles. The van der Waals surface area contributed by atoms with Gasteiger partial charge in [0.05, 0.1) is 11.3 Å². The van der Waals surface area contributed by atoms with Crippen LogP contribution in [0.1, 0.15) is 32.8 Å². The van der Waals surface area contributed by atoms with Gasteiger partial charge in [-0.05, 0) is 48.3 Å². The summed E-state index contributed by atoms with van der Waals surface area (Å²) in [5, 5.41) is 12.4. The zero-order chi connectivity index (χ0) is 11.5. The normalized spacial score (nSPS) is 10.9. The molecule has 0 saturated carbocycles. The van der Waals surface area contributed by atoms with Crippen molar-refractivity contribution in [3.63, 3.8) is 0 Å². The smallest absolute Gasteiger partial charge is 0.103 e. The lowest BCUT2D eigenvalue weighted by Crippen LogP contribution is -2.30. The lowest BCUT2D eigenvalue weighted by molar-refractivity contribution is 0.547. The van der Waals surface area contributed by atoms with Crippen molar-refractivity contribution in [2.45, 2.75) is 32.7 Å². The summed E-state index contributed by atoms with van der Waals surface area (Å²) in [6.45, 7) is 6.36. The Morgan fingerprint density at radius 2 is 2.13 bits per heavy atom. The van der Waals surface area contributed by atoms with E-state index in [4.69, 9.17) is 5.26 Å². The number of hydrogen-bond donors (Lipinski definition) is 1. The first-order valence-corrected chi connectivity index (χ1v) is 5.76. The number of nitriles is 1. The summed E-state index contributed by atoms with van der Waals surface area (Å²) in [5.41, 5.74) is 1.56. The van der Waals surface area contributed by atoms with Crippen molar-refractivity contribution in [2.24, 2.45) is 0 Å². The predicted octanol–water partition coefficient (Wildman–Crippen LogP) is 3.92. The van der Waals surface area contributed by atoms with Crippen LogP contribution in [0, 0.1) is 11.3 Å². The number of halogens is 1. The van der Waals surface area contributed by atoms with Crippen LogP contribution in [0.3, 0.4) is 0 Å². The van der Waals surface area contributed by atoms with E-state index in [-0.39, 0.29) is 5.54 Å². The minimum atomic E-state index is 0.00634. The maximum Gasteiger partial charge on any atom is 0.103 e. The van der Waals surface area contributed by atoms with E-state index in [9.17, 15) is 0 Å². The third kappa shape index (κ3) is 2.97. The van der Waals surface area contributed by atoms with E-state index in [0.29, 0.717) is 5.56 Å². The summed E-state index contributed by atoms with van der Waals surface area (Å²) >= 11 is 3.37. The van der Waals surface area contributed by atoms with Crippen LogP contribution < -0.4 is 5.32 Å². The second-order valence-corrected chi connectivity index (χ2v) is 4.99. The molecule has 80 valence electrons. The molecule has 0 unspecified atom stereocenters. The van der Waals surface area contributed by atoms with Crippen molar-refractivity contribution >= 4 is 21.6 Å². The molecule has 3 heteroatoms. The van der Waals surface area contributed by atoms with Gasteiger partial charge in [0, 0.05) is 10.0 Å². The van der Waals surface area contributed by atoms with Gasteiger partial charge in [-0.25, -0.2) is 0 Å². The average molecular weight is 267 g/mol. The molecule has 0 fully saturated rings. The van der Waals surface area contributed by atoms with Crippen molar-refractivity contribution in [3.8, 4) is 6.07 Å². The molecule has 0 atom stereocenters. The van der Waals surface area contributed by atoms with E-state index >= 15 is 0 Å². The lowest BCUT2D eigenvalue weighted by atomic mass is 10.0. The highest BCUT2D eigenvalue weighted by atomic mass is 79.9. The molecular weight excluding hydrogens is 252 g/mol. The van der Waals surface area contributed by atoms with E-state index in [1.807, 2.05) is 18.2 Å². The molecule has 1 rings (SSSR count). The highest BCUT2D eigenvalue weighted by molar-refractivity contribution is 9.10. The predicted molar refractivity (Wildman–Crippen MR) is 66.8 cm³/mol. The van der Waals surface area contributed by atoms with Crippen molar-refractivity contribution < 1.29 is 0 Å². The summed E-state index contributed by atoms with van der Waals surface area (Å²) in [5.74, 6) is 0. The molecule has 0 aliphatic heterocycles. The van der Waals surface area contributed by atoms with Gasteiger partial charge in [0.2, 0.25) is 0 Å². The average Bonchev–Trinajstić information content (AvgIpc) is 2.18. The van der Waals surface area contributed by atoms with Gasteiger partial charge < -0.3 is 5.32 Å². The zero-order valence-electron chi connectivity index (χ0n) is 9.26. The Balaban J connectivity index is 3.06. The topological polar surface area (TPSA) is 35.8 Å². The maximum atomic E-state index is 9.05. The van der Waals surface area contributed by atoms with Crippen molar-refractivity contribution in [1.82, 2.24) is 0 Å². The van der Waals surface area contributed by atoms with Crippen molar-refractivity contribution in [1.29, 1.82) is 5.26 Å². The quantitative estimate of drug-likeness (QED) is 0.900. The number of nitrogens with one attached hydrogen (secondary N) is 1. The third-order valence-electron chi connectivity index (χ3n) is 2.48. The highest BCUT2D eigenvalue weighted by Gasteiger charge is 2.16. The Morgan fingerprint density at radius 1 is 1.47 bits per heavy atom. The summed E-state index contributed by atoms with van der Waals surface area (Å²) in [6, 6.07) is 7.94. The van der Waals surface area contributed by atoms with Gasteiger partial charge in [-0.1, -0.05) is 13.0 Å². The second-order valence-electron chi connectivity index (χ2n) is 4.14. The Bertz CT molecular complexity index is 391. The SMILES string of the molecule is CCC(C)(C)Nc1cccc(Br)c1C#N. The summed E-state index contributed by atoms with van der Waals surface area (Å²) < 4.78 is 0.835. The molecule has 0 heterocycles. The van der Waals surface area contributed by atoms with Crippen LogP contribution in [0.2, 0.25) is 0 Å². The molecule has 0 bridgehead atoms. The Morgan fingerprint density at radius 3 is 2.67 bits per heavy atom. The van der Waals surface area contributed by atoms with Crippen LogP contribution >= 0.6 is 15.9 Å². The third-order valence-corrected chi connectivity index (χ3v) is 3.14. The van der Waals surface area contributed by atoms with Gasteiger partial charge in [0.15, 0.2) is 0 Å². The number of anilines is 1. The first-order chi connectivity index (χ1) is 7.00. The van der Waals surface area contributed by atoms with Gasteiger partial charge in [-0.3, -0.25) is 0 Å². The Labute approximate surface area is 99.4 Å². The molecule has 0 aliphatic rings. The van der Waals surface area contributed by atoms with E-state index in [2.05, 4.69) is 48.1 Å². The fourth-order valence-corrected chi connectivity index (χ4v) is 1.65. The van der Waals surface area contributed by atoms with Crippen molar-refractivity contribution in [2.75, 3.05) is 5.32 Å². The van der Waals surface area contributed by atoms with Crippen LogP contribution in [-0.2, 0) is 0 Å². The van der Waals surface area contributed by atoms with Gasteiger partial charge in [0.25, 0.3) is 0 Å².